The molecule has 7 heteroatoms. The fourth-order valence-corrected chi connectivity index (χ4v) is 2.06. The third-order valence-electron chi connectivity index (χ3n) is 3.12. The molecule has 1 aromatic heterocycles. The molecule has 1 aliphatic rings. The van der Waals surface area contributed by atoms with Gasteiger partial charge in [-0.1, -0.05) is 0 Å². The van der Waals surface area contributed by atoms with Gasteiger partial charge in [0.2, 0.25) is 5.91 Å². The number of carbonyl (C=O) groups excluding carboxylic acids is 2. The molecule has 0 saturated carbocycles. The molecule has 0 radical (unpaired) electrons. The Morgan fingerprint density at radius 3 is 2.53 bits per heavy atom. The molecule has 0 atom stereocenters. The second kappa shape index (κ2) is 5.64. The molecular formula is C12H16N4O3. The summed E-state index contributed by atoms with van der Waals surface area (Å²) in [5, 5.41) is 0. The Morgan fingerprint density at radius 1 is 1.26 bits per heavy atom. The fourth-order valence-electron chi connectivity index (χ4n) is 2.06. The number of amides is 1. The number of hydrogen-bond donors (Lipinski definition) is 0. The third-order valence-corrected chi connectivity index (χ3v) is 3.12. The molecule has 0 bridgehead atoms. The van der Waals surface area contributed by atoms with Crippen molar-refractivity contribution in [3.8, 4) is 0 Å². The van der Waals surface area contributed by atoms with Crippen LogP contribution in [0.4, 0.5) is 5.82 Å². The summed E-state index contributed by atoms with van der Waals surface area (Å²) in [4.78, 5) is 34.7. The van der Waals surface area contributed by atoms with Crippen molar-refractivity contribution in [1.82, 2.24) is 14.9 Å². The van der Waals surface area contributed by atoms with Crippen molar-refractivity contribution in [2.75, 3.05) is 38.2 Å². The van der Waals surface area contributed by atoms with E-state index in [1.807, 2.05) is 4.90 Å². The summed E-state index contributed by atoms with van der Waals surface area (Å²) >= 11 is 0. The second-order valence-electron chi connectivity index (χ2n) is 4.24. The Hall–Kier alpha value is -2.18. The Labute approximate surface area is 111 Å². The number of methoxy groups -OCH3 is 1. The molecular weight excluding hydrogens is 248 g/mol. The van der Waals surface area contributed by atoms with Crippen LogP contribution in [0, 0.1) is 0 Å². The molecule has 1 fully saturated rings. The molecule has 1 aliphatic heterocycles. The number of anilines is 1. The first-order valence-electron chi connectivity index (χ1n) is 6.02. The monoisotopic (exact) mass is 264 g/mol. The van der Waals surface area contributed by atoms with E-state index >= 15 is 0 Å². The zero-order valence-corrected chi connectivity index (χ0v) is 11.0. The molecule has 0 N–H and O–H groups in total. The minimum atomic E-state index is -0.454. The van der Waals surface area contributed by atoms with Gasteiger partial charge < -0.3 is 14.5 Å². The molecule has 1 saturated heterocycles. The predicted octanol–water partition coefficient (Wildman–Crippen LogP) is -0.0683. The summed E-state index contributed by atoms with van der Waals surface area (Å²) in [6.07, 6.45) is 2.85. The van der Waals surface area contributed by atoms with Gasteiger partial charge in [0.25, 0.3) is 0 Å². The third kappa shape index (κ3) is 2.81. The smallest absolute Gasteiger partial charge is 0.343 e. The average Bonchev–Trinajstić information content (AvgIpc) is 2.46. The van der Waals surface area contributed by atoms with Crippen molar-refractivity contribution < 1.29 is 14.3 Å². The molecule has 2 rings (SSSR count). The van der Waals surface area contributed by atoms with Gasteiger partial charge in [0.1, 0.15) is 17.7 Å². The molecule has 0 spiro atoms. The molecule has 1 aromatic rings. The Kier molecular flexibility index (Phi) is 3.94. The number of aromatic nitrogens is 2. The SMILES string of the molecule is COC(=O)c1cncnc1N1CCN(C(C)=O)CC1. The Balaban J connectivity index is 2.15. The number of esters is 1. The summed E-state index contributed by atoms with van der Waals surface area (Å²) in [5.41, 5.74) is 0.348. The zero-order chi connectivity index (χ0) is 13.8. The first kappa shape index (κ1) is 13.3. The van der Waals surface area contributed by atoms with E-state index in [2.05, 4.69) is 9.97 Å². The van der Waals surface area contributed by atoms with Crippen LogP contribution >= 0.6 is 0 Å². The normalized spacial score (nSPS) is 15.3. The number of ether oxygens (including phenoxy) is 1. The zero-order valence-electron chi connectivity index (χ0n) is 11.0. The lowest BCUT2D eigenvalue weighted by Crippen LogP contribution is -2.48. The van der Waals surface area contributed by atoms with Gasteiger partial charge in [0, 0.05) is 39.3 Å². The summed E-state index contributed by atoms with van der Waals surface area (Å²) in [5.74, 6) is 0.171. The summed E-state index contributed by atoms with van der Waals surface area (Å²) in [6, 6.07) is 0. The highest BCUT2D eigenvalue weighted by Gasteiger charge is 2.24. The van der Waals surface area contributed by atoms with Gasteiger partial charge in [-0.2, -0.15) is 0 Å². The van der Waals surface area contributed by atoms with Crippen LogP contribution in [-0.2, 0) is 9.53 Å². The highest BCUT2D eigenvalue weighted by atomic mass is 16.5. The molecule has 7 nitrogen and oxygen atoms in total. The van der Waals surface area contributed by atoms with Gasteiger partial charge >= 0.3 is 5.97 Å². The van der Waals surface area contributed by atoms with Crippen molar-refractivity contribution in [3.63, 3.8) is 0 Å². The molecule has 19 heavy (non-hydrogen) atoms. The van der Waals surface area contributed by atoms with Crippen LogP contribution in [-0.4, -0.2) is 60.0 Å². The summed E-state index contributed by atoms with van der Waals surface area (Å²) in [6.45, 7) is 4.08. The van der Waals surface area contributed by atoms with Crippen LogP contribution < -0.4 is 4.90 Å². The molecule has 102 valence electrons. The van der Waals surface area contributed by atoms with Crippen LogP contribution in [0.2, 0.25) is 0 Å². The number of rotatable bonds is 2. The van der Waals surface area contributed by atoms with Gasteiger partial charge in [-0.05, 0) is 0 Å². The van der Waals surface area contributed by atoms with Crippen molar-refractivity contribution in [3.05, 3.63) is 18.1 Å². The highest BCUT2D eigenvalue weighted by molar-refractivity contribution is 5.94. The predicted molar refractivity (Wildman–Crippen MR) is 67.8 cm³/mol. The highest BCUT2D eigenvalue weighted by Crippen LogP contribution is 2.18. The van der Waals surface area contributed by atoms with E-state index in [9.17, 15) is 9.59 Å². The minimum absolute atomic E-state index is 0.0653. The number of piperazine rings is 1. The first-order valence-corrected chi connectivity index (χ1v) is 6.02. The van der Waals surface area contributed by atoms with Gasteiger partial charge in [-0.15, -0.1) is 0 Å². The maximum absolute atomic E-state index is 11.7. The Bertz CT molecular complexity index is 484. The quantitative estimate of drug-likeness (QED) is 0.696. The largest absolute Gasteiger partial charge is 0.465 e. The molecule has 2 heterocycles. The van der Waals surface area contributed by atoms with Crippen molar-refractivity contribution >= 4 is 17.7 Å². The average molecular weight is 264 g/mol. The minimum Gasteiger partial charge on any atom is -0.465 e. The lowest BCUT2D eigenvalue weighted by Gasteiger charge is -2.35. The lowest BCUT2D eigenvalue weighted by atomic mass is 10.2. The van der Waals surface area contributed by atoms with Crippen LogP contribution in [0.5, 0.6) is 0 Å². The standard InChI is InChI=1S/C12H16N4O3/c1-9(17)15-3-5-16(6-4-15)11-10(12(18)19-2)7-13-8-14-11/h7-8H,3-6H2,1-2H3. The summed E-state index contributed by atoms with van der Waals surface area (Å²) < 4.78 is 4.72. The van der Waals surface area contributed by atoms with E-state index < -0.39 is 5.97 Å². The van der Waals surface area contributed by atoms with Gasteiger partial charge in [-0.3, -0.25) is 4.79 Å². The van der Waals surface area contributed by atoms with Gasteiger partial charge in [0.15, 0.2) is 0 Å². The van der Waals surface area contributed by atoms with Crippen molar-refractivity contribution in [2.45, 2.75) is 6.92 Å². The number of hydrogen-bond acceptors (Lipinski definition) is 6. The second-order valence-corrected chi connectivity index (χ2v) is 4.24. The van der Waals surface area contributed by atoms with Crippen LogP contribution in [0.3, 0.4) is 0 Å². The van der Waals surface area contributed by atoms with Crippen LogP contribution in [0.25, 0.3) is 0 Å². The first-order chi connectivity index (χ1) is 9.13. The fraction of sp³-hybridized carbons (Fsp3) is 0.500. The molecule has 1 amide bonds. The van der Waals surface area contributed by atoms with E-state index in [-0.39, 0.29) is 5.91 Å². The van der Waals surface area contributed by atoms with Gasteiger partial charge in [-0.25, -0.2) is 14.8 Å². The van der Waals surface area contributed by atoms with Gasteiger partial charge in [0.05, 0.1) is 7.11 Å². The molecule has 0 aromatic carbocycles. The van der Waals surface area contributed by atoms with E-state index in [4.69, 9.17) is 4.74 Å². The molecule has 0 unspecified atom stereocenters. The number of carbonyl (C=O) groups is 2. The maximum atomic E-state index is 11.7. The number of nitrogens with zero attached hydrogens (tertiary/aromatic N) is 4. The van der Waals surface area contributed by atoms with Crippen LogP contribution in [0.15, 0.2) is 12.5 Å². The van der Waals surface area contributed by atoms with Crippen molar-refractivity contribution in [1.29, 1.82) is 0 Å². The Morgan fingerprint density at radius 2 is 1.95 bits per heavy atom. The maximum Gasteiger partial charge on any atom is 0.343 e. The van der Waals surface area contributed by atoms with Crippen molar-refractivity contribution in [2.24, 2.45) is 0 Å². The van der Waals surface area contributed by atoms with Crippen LogP contribution in [0.1, 0.15) is 17.3 Å². The summed E-state index contributed by atoms with van der Waals surface area (Å²) in [7, 11) is 1.33. The van der Waals surface area contributed by atoms with E-state index in [1.54, 1.807) is 11.8 Å². The van der Waals surface area contributed by atoms with E-state index in [0.717, 1.165) is 0 Å². The van der Waals surface area contributed by atoms with E-state index in [1.165, 1.54) is 19.6 Å². The molecule has 0 aliphatic carbocycles. The lowest BCUT2D eigenvalue weighted by molar-refractivity contribution is -0.129. The van der Waals surface area contributed by atoms with E-state index in [0.29, 0.717) is 37.6 Å². The topological polar surface area (TPSA) is 75.6 Å².